The Morgan fingerprint density at radius 3 is 2.59 bits per heavy atom. The fourth-order valence-corrected chi connectivity index (χ4v) is 3.71. The van der Waals surface area contributed by atoms with Gasteiger partial charge in [-0.15, -0.1) is 0 Å². The molecule has 1 saturated carbocycles. The SMILES string of the molecule is CC1CN(c2c(F)c(O)c3c(=O)c(C(=O)O)cn(C4CC4)c3c2F)CCN1. The zero-order valence-electron chi connectivity index (χ0n) is 14.6. The van der Waals surface area contributed by atoms with Crippen molar-refractivity contribution in [3.63, 3.8) is 0 Å². The number of pyridine rings is 1. The highest BCUT2D eigenvalue weighted by Crippen LogP contribution is 2.42. The molecule has 144 valence electrons. The summed E-state index contributed by atoms with van der Waals surface area (Å²) in [6.07, 6.45) is 2.47. The normalized spacial score (nSPS) is 20.3. The Hall–Kier alpha value is -2.68. The van der Waals surface area contributed by atoms with Crippen LogP contribution in [0.1, 0.15) is 36.2 Å². The minimum Gasteiger partial charge on any atom is -0.504 e. The van der Waals surface area contributed by atoms with Crippen LogP contribution in [0.15, 0.2) is 11.0 Å². The van der Waals surface area contributed by atoms with Crippen LogP contribution in [-0.4, -0.2) is 46.4 Å². The van der Waals surface area contributed by atoms with E-state index in [0.29, 0.717) is 32.5 Å². The maximum Gasteiger partial charge on any atom is 0.341 e. The first-order chi connectivity index (χ1) is 12.8. The molecule has 2 aliphatic rings. The van der Waals surface area contributed by atoms with Crippen LogP contribution in [0.2, 0.25) is 0 Å². The largest absolute Gasteiger partial charge is 0.504 e. The highest BCUT2D eigenvalue weighted by Gasteiger charge is 2.34. The van der Waals surface area contributed by atoms with Gasteiger partial charge in [-0.1, -0.05) is 0 Å². The second-order valence-corrected chi connectivity index (χ2v) is 7.17. The number of hydrogen-bond acceptors (Lipinski definition) is 5. The topological polar surface area (TPSA) is 94.8 Å². The smallest absolute Gasteiger partial charge is 0.341 e. The van der Waals surface area contributed by atoms with Crippen LogP contribution in [0, 0.1) is 11.6 Å². The second kappa shape index (κ2) is 6.19. The summed E-state index contributed by atoms with van der Waals surface area (Å²) in [5.74, 6) is -4.70. The van der Waals surface area contributed by atoms with Crippen LogP contribution in [0.5, 0.6) is 5.75 Å². The van der Waals surface area contributed by atoms with E-state index >= 15 is 4.39 Å². The monoisotopic (exact) mass is 379 g/mol. The third-order valence-corrected chi connectivity index (χ3v) is 5.16. The summed E-state index contributed by atoms with van der Waals surface area (Å²) in [7, 11) is 0. The molecule has 27 heavy (non-hydrogen) atoms. The van der Waals surface area contributed by atoms with Crippen molar-refractivity contribution >= 4 is 22.6 Å². The lowest BCUT2D eigenvalue weighted by Crippen LogP contribution is -2.49. The van der Waals surface area contributed by atoms with Crippen molar-refractivity contribution in [2.45, 2.75) is 31.8 Å². The van der Waals surface area contributed by atoms with Gasteiger partial charge < -0.3 is 25.0 Å². The Balaban J connectivity index is 2.06. The van der Waals surface area contributed by atoms with E-state index in [4.69, 9.17) is 0 Å². The number of nitrogens with zero attached hydrogens (tertiary/aromatic N) is 2. The molecule has 0 amide bonds. The third-order valence-electron chi connectivity index (χ3n) is 5.16. The van der Waals surface area contributed by atoms with E-state index in [1.54, 1.807) is 0 Å². The molecule has 2 aromatic rings. The number of aromatic nitrogens is 1. The van der Waals surface area contributed by atoms with Crippen molar-refractivity contribution in [1.29, 1.82) is 0 Å². The van der Waals surface area contributed by atoms with Gasteiger partial charge in [-0.3, -0.25) is 4.79 Å². The highest BCUT2D eigenvalue weighted by atomic mass is 19.1. The number of anilines is 1. The molecule has 2 heterocycles. The molecular formula is C18H19F2N3O4. The number of benzene rings is 1. The Kier molecular flexibility index (Phi) is 4.06. The van der Waals surface area contributed by atoms with E-state index in [1.807, 2.05) is 6.92 Å². The molecule has 0 spiro atoms. The number of phenolic OH excluding ortho intramolecular Hbond substituents is 1. The predicted octanol–water partition coefficient (Wildman–Crippen LogP) is 1.82. The molecule has 1 aromatic carbocycles. The Labute approximate surface area is 152 Å². The molecule has 0 radical (unpaired) electrons. The van der Waals surface area contributed by atoms with Gasteiger partial charge in [0.15, 0.2) is 17.4 Å². The number of hydrogen-bond donors (Lipinski definition) is 3. The zero-order chi connectivity index (χ0) is 19.5. The summed E-state index contributed by atoms with van der Waals surface area (Å²) >= 11 is 0. The van der Waals surface area contributed by atoms with Crippen LogP contribution in [-0.2, 0) is 0 Å². The second-order valence-electron chi connectivity index (χ2n) is 7.17. The number of carboxylic acids is 1. The summed E-state index contributed by atoms with van der Waals surface area (Å²) in [5.41, 5.74) is -2.34. The van der Waals surface area contributed by atoms with Gasteiger partial charge in [0, 0.05) is 37.9 Å². The lowest BCUT2D eigenvalue weighted by Gasteiger charge is -2.34. The number of nitrogens with one attached hydrogen (secondary N) is 1. The first-order valence-electron chi connectivity index (χ1n) is 8.81. The highest BCUT2D eigenvalue weighted by molar-refractivity contribution is 5.96. The number of aromatic hydroxyl groups is 1. The van der Waals surface area contributed by atoms with E-state index < -0.39 is 39.7 Å². The molecular weight excluding hydrogens is 360 g/mol. The van der Waals surface area contributed by atoms with Crippen LogP contribution >= 0.6 is 0 Å². The lowest BCUT2D eigenvalue weighted by atomic mass is 10.1. The van der Waals surface area contributed by atoms with E-state index in [9.17, 15) is 24.2 Å². The molecule has 1 atom stereocenters. The van der Waals surface area contributed by atoms with Crippen molar-refractivity contribution in [2.24, 2.45) is 0 Å². The lowest BCUT2D eigenvalue weighted by molar-refractivity contribution is 0.0695. The maximum atomic E-state index is 15.5. The average molecular weight is 379 g/mol. The minimum absolute atomic E-state index is 0.00426. The van der Waals surface area contributed by atoms with Crippen molar-refractivity contribution in [2.75, 3.05) is 24.5 Å². The van der Waals surface area contributed by atoms with Crippen LogP contribution in [0.3, 0.4) is 0 Å². The van der Waals surface area contributed by atoms with Crippen LogP contribution in [0.25, 0.3) is 10.9 Å². The standard InChI is InChI=1S/C18H19F2N3O4/c1-8-6-22(5-4-21-8)15-12(19)14-11(17(25)13(15)20)16(24)10(18(26)27)7-23(14)9-2-3-9/h7-9,21,25H,2-6H2,1H3,(H,26,27). The van der Waals surface area contributed by atoms with Gasteiger partial charge in [0.1, 0.15) is 11.3 Å². The number of rotatable bonds is 3. The number of piperazine rings is 1. The van der Waals surface area contributed by atoms with Crippen LogP contribution in [0.4, 0.5) is 14.5 Å². The first kappa shape index (κ1) is 17.7. The van der Waals surface area contributed by atoms with Gasteiger partial charge >= 0.3 is 5.97 Å². The molecule has 1 unspecified atom stereocenters. The summed E-state index contributed by atoms with van der Waals surface area (Å²) in [6, 6.07) is -0.184. The summed E-state index contributed by atoms with van der Waals surface area (Å²) in [4.78, 5) is 25.4. The van der Waals surface area contributed by atoms with Crippen molar-refractivity contribution in [3.8, 4) is 5.75 Å². The average Bonchev–Trinajstić information content (AvgIpc) is 3.44. The van der Waals surface area contributed by atoms with Gasteiger partial charge in [-0.2, -0.15) is 0 Å². The maximum absolute atomic E-state index is 15.5. The third kappa shape index (κ3) is 2.73. The molecule has 1 aliphatic heterocycles. The number of halogens is 2. The van der Waals surface area contributed by atoms with E-state index in [1.165, 1.54) is 9.47 Å². The fraction of sp³-hybridized carbons (Fsp3) is 0.444. The Morgan fingerprint density at radius 1 is 1.30 bits per heavy atom. The van der Waals surface area contributed by atoms with Gasteiger partial charge in [0.25, 0.3) is 0 Å². The number of aromatic carboxylic acids is 1. The van der Waals surface area contributed by atoms with Crippen molar-refractivity contribution < 1.29 is 23.8 Å². The van der Waals surface area contributed by atoms with Gasteiger partial charge in [-0.25, -0.2) is 13.6 Å². The van der Waals surface area contributed by atoms with Crippen molar-refractivity contribution in [3.05, 3.63) is 33.6 Å². The molecule has 7 nitrogen and oxygen atoms in total. The molecule has 2 fully saturated rings. The Bertz CT molecular complexity index is 1020. The van der Waals surface area contributed by atoms with Crippen LogP contribution < -0.4 is 15.6 Å². The van der Waals surface area contributed by atoms with E-state index in [2.05, 4.69) is 5.32 Å². The molecule has 0 bridgehead atoms. The predicted molar refractivity (Wildman–Crippen MR) is 94.7 cm³/mol. The van der Waals surface area contributed by atoms with E-state index in [0.717, 1.165) is 6.20 Å². The zero-order valence-corrected chi connectivity index (χ0v) is 14.6. The summed E-state index contributed by atoms with van der Waals surface area (Å²) in [5, 5.41) is 22.2. The number of carbonyl (C=O) groups is 1. The first-order valence-corrected chi connectivity index (χ1v) is 8.81. The van der Waals surface area contributed by atoms with Gasteiger partial charge in [0.2, 0.25) is 5.43 Å². The molecule has 1 saturated heterocycles. The fourth-order valence-electron chi connectivity index (χ4n) is 3.71. The Morgan fingerprint density at radius 2 is 2.00 bits per heavy atom. The minimum atomic E-state index is -1.50. The number of carboxylic acid groups (broad SMARTS) is 1. The summed E-state index contributed by atoms with van der Waals surface area (Å²) < 4.78 is 31.7. The van der Waals surface area contributed by atoms with E-state index in [-0.39, 0.29) is 23.3 Å². The summed E-state index contributed by atoms with van der Waals surface area (Å²) in [6.45, 7) is 3.07. The number of fused-ring (bicyclic) bond motifs is 1. The number of phenols is 1. The molecule has 1 aromatic heterocycles. The molecule has 3 N–H and O–H groups in total. The van der Waals surface area contributed by atoms with Gasteiger partial charge in [0.05, 0.1) is 10.9 Å². The molecule has 9 heteroatoms. The quantitative estimate of drug-likeness (QED) is 0.753. The molecule has 1 aliphatic carbocycles. The molecule has 4 rings (SSSR count). The van der Waals surface area contributed by atoms with Crippen molar-refractivity contribution in [1.82, 2.24) is 9.88 Å². The van der Waals surface area contributed by atoms with Gasteiger partial charge in [-0.05, 0) is 19.8 Å².